The molecule has 4 heterocycles. The van der Waals surface area contributed by atoms with Crippen molar-refractivity contribution < 1.29 is 4.79 Å². The van der Waals surface area contributed by atoms with Gasteiger partial charge in [0.15, 0.2) is 5.69 Å². The molecule has 5 rings (SSSR count). The van der Waals surface area contributed by atoms with E-state index in [1.165, 1.54) is 10.6 Å². The molecule has 0 spiro atoms. The van der Waals surface area contributed by atoms with Crippen LogP contribution in [-0.4, -0.2) is 29.8 Å². The van der Waals surface area contributed by atoms with Gasteiger partial charge in [-0.1, -0.05) is 23.7 Å². The van der Waals surface area contributed by atoms with E-state index < -0.39 is 6.04 Å². The second kappa shape index (κ2) is 7.74. The van der Waals surface area contributed by atoms with Crippen LogP contribution < -0.4 is 10.5 Å². The van der Waals surface area contributed by atoms with Gasteiger partial charge in [0.1, 0.15) is 11.9 Å². The zero-order valence-corrected chi connectivity index (χ0v) is 19.5. The summed E-state index contributed by atoms with van der Waals surface area (Å²) in [5, 5.41) is 4.90. The molecule has 1 unspecified atom stereocenters. The number of imidazole rings is 1. The molecule has 3 aromatic heterocycles. The molecule has 1 atom stereocenters. The highest BCUT2D eigenvalue weighted by atomic mass is 35.5. The first-order chi connectivity index (χ1) is 15.8. The molecule has 4 aromatic rings. The van der Waals surface area contributed by atoms with E-state index in [1.54, 1.807) is 35.1 Å². The van der Waals surface area contributed by atoms with Crippen LogP contribution >= 0.6 is 11.6 Å². The predicted octanol–water partition coefficient (Wildman–Crippen LogP) is 3.97. The standard InChI is InChI=1S/C24H23ClN6O2/c1-14(2)30-22-20(27-23(30)16-11-26-29(4)12-16)24(33)31(18-9-10-19(32)28(3)13-18)21(22)15-5-7-17(25)8-6-15/h5-14,21H,1-4H3. The number of carbonyl (C=O) groups is 1. The lowest BCUT2D eigenvalue weighted by Gasteiger charge is -2.28. The van der Waals surface area contributed by atoms with Gasteiger partial charge in [-0.2, -0.15) is 5.10 Å². The first-order valence-electron chi connectivity index (χ1n) is 10.6. The Morgan fingerprint density at radius 1 is 1.00 bits per heavy atom. The molecule has 0 fully saturated rings. The fourth-order valence-corrected chi connectivity index (χ4v) is 4.55. The van der Waals surface area contributed by atoms with Crippen molar-refractivity contribution in [1.82, 2.24) is 23.9 Å². The maximum absolute atomic E-state index is 13.8. The normalized spacial score (nSPS) is 15.5. The Hall–Kier alpha value is -3.65. The molecular weight excluding hydrogens is 440 g/mol. The second-order valence-electron chi connectivity index (χ2n) is 8.50. The topological polar surface area (TPSA) is 78.0 Å². The average molecular weight is 463 g/mol. The molecule has 1 aliphatic heterocycles. The van der Waals surface area contributed by atoms with Crippen LogP contribution in [0.15, 0.2) is 59.8 Å². The van der Waals surface area contributed by atoms with Gasteiger partial charge in [0, 0.05) is 43.6 Å². The van der Waals surface area contributed by atoms with Crippen molar-refractivity contribution in [2.24, 2.45) is 14.1 Å². The molecule has 0 bridgehead atoms. The van der Waals surface area contributed by atoms with E-state index in [1.807, 2.05) is 37.5 Å². The Morgan fingerprint density at radius 3 is 2.33 bits per heavy atom. The van der Waals surface area contributed by atoms with Gasteiger partial charge in [-0.15, -0.1) is 0 Å². The number of pyridine rings is 1. The zero-order chi connectivity index (χ0) is 23.4. The lowest BCUT2D eigenvalue weighted by molar-refractivity contribution is 0.0989. The summed E-state index contributed by atoms with van der Waals surface area (Å²) in [6, 6.07) is 10.2. The van der Waals surface area contributed by atoms with Crippen molar-refractivity contribution in [2.45, 2.75) is 25.9 Å². The summed E-state index contributed by atoms with van der Waals surface area (Å²) in [5.74, 6) is 0.490. The van der Waals surface area contributed by atoms with E-state index >= 15 is 0 Å². The van der Waals surface area contributed by atoms with Gasteiger partial charge >= 0.3 is 0 Å². The Morgan fingerprint density at radius 2 is 1.73 bits per heavy atom. The summed E-state index contributed by atoms with van der Waals surface area (Å²) < 4.78 is 5.29. The van der Waals surface area contributed by atoms with Gasteiger partial charge in [0.05, 0.1) is 23.1 Å². The molecular formula is C24H23ClN6O2. The maximum Gasteiger partial charge on any atom is 0.279 e. The smallest absolute Gasteiger partial charge is 0.279 e. The number of nitrogens with zero attached hydrogens (tertiary/aromatic N) is 6. The van der Waals surface area contributed by atoms with E-state index in [0.717, 1.165) is 16.8 Å². The van der Waals surface area contributed by atoms with Gasteiger partial charge in [0.25, 0.3) is 5.91 Å². The molecule has 1 aliphatic rings. The number of hydrogen-bond donors (Lipinski definition) is 0. The average Bonchev–Trinajstić information content (AvgIpc) is 3.44. The first-order valence-corrected chi connectivity index (χ1v) is 11.0. The molecule has 0 radical (unpaired) electrons. The van der Waals surface area contributed by atoms with Crippen LogP contribution in [0.3, 0.4) is 0 Å². The third kappa shape index (κ3) is 3.38. The first kappa shape index (κ1) is 21.2. The van der Waals surface area contributed by atoms with Crippen molar-refractivity contribution in [3.8, 4) is 11.4 Å². The minimum Gasteiger partial charge on any atom is -0.322 e. The largest absolute Gasteiger partial charge is 0.322 e. The molecule has 168 valence electrons. The number of rotatable bonds is 4. The minimum absolute atomic E-state index is 0.0409. The number of amides is 1. The van der Waals surface area contributed by atoms with Crippen LogP contribution in [0.25, 0.3) is 11.4 Å². The van der Waals surface area contributed by atoms with Crippen molar-refractivity contribution in [2.75, 3.05) is 4.90 Å². The summed E-state index contributed by atoms with van der Waals surface area (Å²) in [6.45, 7) is 4.14. The number of aromatic nitrogens is 5. The van der Waals surface area contributed by atoms with E-state index in [9.17, 15) is 9.59 Å². The van der Waals surface area contributed by atoms with Gasteiger partial charge in [-0.25, -0.2) is 4.98 Å². The summed E-state index contributed by atoms with van der Waals surface area (Å²) in [5.41, 5.74) is 3.44. The molecule has 9 heteroatoms. The van der Waals surface area contributed by atoms with Crippen LogP contribution in [0.5, 0.6) is 0 Å². The molecule has 0 aliphatic carbocycles. The Balaban J connectivity index is 1.77. The van der Waals surface area contributed by atoms with Crippen molar-refractivity contribution >= 4 is 23.2 Å². The molecule has 33 heavy (non-hydrogen) atoms. The van der Waals surface area contributed by atoms with Crippen LogP contribution in [0.1, 0.15) is 47.7 Å². The number of aryl methyl sites for hydroxylation is 2. The summed E-state index contributed by atoms with van der Waals surface area (Å²) in [7, 11) is 3.52. The fraction of sp³-hybridized carbons (Fsp3) is 0.250. The van der Waals surface area contributed by atoms with Gasteiger partial charge in [0.2, 0.25) is 5.56 Å². The SMILES string of the molecule is CC(C)n1c(-c2cnn(C)c2)nc2c1C(c1ccc(Cl)cc1)N(c1ccc(=O)n(C)c1)C2=O. The minimum atomic E-state index is -0.428. The van der Waals surface area contributed by atoms with E-state index in [2.05, 4.69) is 23.5 Å². The highest BCUT2D eigenvalue weighted by Gasteiger charge is 2.44. The van der Waals surface area contributed by atoms with Gasteiger partial charge in [-0.3, -0.25) is 19.2 Å². The quantitative estimate of drug-likeness (QED) is 0.460. The van der Waals surface area contributed by atoms with Crippen molar-refractivity contribution in [3.05, 3.63) is 87.3 Å². The Labute approximate surface area is 195 Å². The monoisotopic (exact) mass is 462 g/mol. The Kier molecular flexibility index (Phi) is 4.97. The van der Waals surface area contributed by atoms with E-state index in [-0.39, 0.29) is 17.5 Å². The predicted molar refractivity (Wildman–Crippen MR) is 127 cm³/mol. The summed E-state index contributed by atoms with van der Waals surface area (Å²) in [6.07, 6.45) is 5.32. The second-order valence-corrected chi connectivity index (χ2v) is 8.94. The van der Waals surface area contributed by atoms with Crippen molar-refractivity contribution in [3.63, 3.8) is 0 Å². The Bertz CT molecular complexity index is 1430. The van der Waals surface area contributed by atoms with E-state index in [4.69, 9.17) is 16.6 Å². The number of anilines is 1. The number of fused-ring (bicyclic) bond motifs is 1. The van der Waals surface area contributed by atoms with Gasteiger partial charge in [-0.05, 0) is 37.6 Å². The van der Waals surface area contributed by atoms with Crippen LogP contribution in [0.2, 0.25) is 5.02 Å². The van der Waals surface area contributed by atoms with Crippen LogP contribution in [0.4, 0.5) is 5.69 Å². The number of carbonyl (C=O) groups excluding carboxylic acids is 1. The molecule has 0 saturated carbocycles. The van der Waals surface area contributed by atoms with Crippen molar-refractivity contribution in [1.29, 1.82) is 0 Å². The zero-order valence-electron chi connectivity index (χ0n) is 18.7. The molecule has 0 saturated heterocycles. The molecule has 1 aromatic carbocycles. The fourth-order valence-electron chi connectivity index (χ4n) is 4.42. The third-order valence-electron chi connectivity index (χ3n) is 5.90. The number of benzene rings is 1. The van der Waals surface area contributed by atoms with Crippen LogP contribution in [0, 0.1) is 0 Å². The molecule has 1 amide bonds. The third-order valence-corrected chi connectivity index (χ3v) is 6.15. The number of hydrogen-bond acceptors (Lipinski definition) is 4. The van der Waals surface area contributed by atoms with E-state index in [0.29, 0.717) is 22.2 Å². The summed E-state index contributed by atoms with van der Waals surface area (Å²) in [4.78, 5) is 32.3. The molecule has 8 nitrogen and oxygen atoms in total. The number of halogens is 1. The summed E-state index contributed by atoms with van der Waals surface area (Å²) >= 11 is 6.16. The van der Waals surface area contributed by atoms with Crippen LogP contribution in [-0.2, 0) is 14.1 Å². The highest BCUT2D eigenvalue weighted by Crippen LogP contribution is 2.44. The molecule has 0 N–H and O–H groups in total. The van der Waals surface area contributed by atoms with Gasteiger partial charge < -0.3 is 9.13 Å². The lowest BCUT2D eigenvalue weighted by Crippen LogP contribution is -2.31. The highest BCUT2D eigenvalue weighted by molar-refractivity contribution is 6.30. The lowest BCUT2D eigenvalue weighted by atomic mass is 10.0. The maximum atomic E-state index is 13.8.